The Morgan fingerprint density at radius 3 is 2.67 bits per heavy atom. The van der Waals surface area contributed by atoms with Crippen molar-refractivity contribution in [3.05, 3.63) is 28.8 Å². The molecule has 92 valence electrons. The summed E-state index contributed by atoms with van der Waals surface area (Å²) < 4.78 is 11.2. The molecule has 0 amide bonds. The highest BCUT2D eigenvalue weighted by molar-refractivity contribution is 5.88. The molecule has 2 aliphatic heterocycles. The molecule has 3 heterocycles. The molecule has 0 fully saturated rings. The van der Waals surface area contributed by atoms with Crippen LogP contribution in [0.1, 0.15) is 17.3 Å². The minimum atomic E-state index is 0.363. The van der Waals surface area contributed by atoms with Crippen molar-refractivity contribution >= 4 is 11.1 Å². The van der Waals surface area contributed by atoms with Crippen LogP contribution in [-0.2, 0) is 0 Å². The van der Waals surface area contributed by atoms with E-state index in [1.165, 1.54) is 0 Å². The fraction of sp³-hybridized carbons (Fsp3) is 0.250. The summed E-state index contributed by atoms with van der Waals surface area (Å²) in [4.78, 5) is 8.53. The van der Waals surface area contributed by atoms with Crippen LogP contribution in [0.25, 0.3) is 22.6 Å². The number of oxazole rings is 1. The second-order valence-electron chi connectivity index (χ2n) is 4.13. The van der Waals surface area contributed by atoms with Crippen LogP contribution in [0.15, 0.2) is 20.1 Å². The van der Waals surface area contributed by atoms with Crippen LogP contribution < -0.4 is 5.36 Å². The molecule has 3 rings (SSSR count). The third-order valence-electron chi connectivity index (χ3n) is 2.75. The summed E-state index contributed by atoms with van der Waals surface area (Å²) in [5.41, 5.74) is 2.39. The summed E-state index contributed by atoms with van der Waals surface area (Å²) in [7, 11) is 0. The van der Waals surface area contributed by atoms with Crippen LogP contribution in [0.4, 0.5) is 0 Å². The van der Waals surface area contributed by atoms with Crippen LogP contribution in [0.2, 0.25) is 0 Å². The van der Waals surface area contributed by atoms with Crippen LogP contribution in [-0.4, -0.2) is 15.2 Å². The van der Waals surface area contributed by atoms with Gasteiger partial charge in [0.2, 0.25) is 5.89 Å². The quantitative estimate of drug-likeness (QED) is 0.484. The first-order valence-corrected chi connectivity index (χ1v) is 5.46. The Kier molecular flexibility index (Phi) is 2.13. The zero-order valence-corrected chi connectivity index (χ0v) is 10.2. The summed E-state index contributed by atoms with van der Waals surface area (Å²) >= 11 is 0. The second-order valence-corrected chi connectivity index (χ2v) is 4.13. The molecule has 1 N–H and O–H groups in total. The van der Waals surface area contributed by atoms with Gasteiger partial charge in [-0.15, -0.1) is 0 Å². The van der Waals surface area contributed by atoms with Crippen LogP contribution >= 0.6 is 0 Å². The number of hydrogen-bond donors (Lipinski definition) is 1. The molecule has 0 unspecified atom stereocenters. The van der Waals surface area contributed by atoms with Gasteiger partial charge in [-0.2, -0.15) is 0 Å². The average molecular weight is 245 g/mol. The van der Waals surface area contributed by atoms with Crippen molar-refractivity contribution in [1.82, 2.24) is 9.97 Å². The summed E-state index contributed by atoms with van der Waals surface area (Å²) in [6.45, 7) is 5.35. The lowest BCUT2D eigenvalue weighted by Gasteiger charge is -2.06. The minimum absolute atomic E-state index is 0.363. The highest BCUT2D eigenvalue weighted by atomic mass is 16.4. The molecule has 0 radical (unpaired) electrons. The predicted molar refractivity (Wildman–Crippen MR) is 62.3 cm³/mol. The summed E-state index contributed by atoms with van der Waals surface area (Å²) in [6.07, 6.45) is 0. The normalized spacial score (nSPS) is 12.7. The maximum absolute atomic E-state index is 9.09. The predicted octanol–water partition coefficient (Wildman–Crippen LogP) is 2.14. The van der Waals surface area contributed by atoms with Crippen molar-refractivity contribution in [3.8, 4) is 11.5 Å². The minimum Gasteiger partial charge on any atom is -0.440 e. The van der Waals surface area contributed by atoms with Crippen LogP contribution in [0, 0.1) is 20.8 Å². The van der Waals surface area contributed by atoms with E-state index >= 15 is 0 Å². The first-order chi connectivity index (χ1) is 8.60. The van der Waals surface area contributed by atoms with Crippen molar-refractivity contribution in [3.63, 3.8) is 0 Å². The second kappa shape index (κ2) is 3.56. The zero-order chi connectivity index (χ0) is 12.9. The van der Waals surface area contributed by atoms with E-state index in [1.807, 2.05) is 0 Å². The third kappa shape index (κ3) is 1.38. The zero-order valence-electron chi connectivity index (χ0n) is 10.2. The van der Waals surface area contributed by atoms with E-state index < -0.39 is 0 Å². The number of aromatic nitrogens is 2. The van der Waals surface area contributed by atoms with Gasteiger partial charge >= 0.3 is 0 Å². The Bertz CT molecular complexity index is 785. The van der Waals surface area contributed by atoms with E-state index in [2.05, 4.69) is 15.1 Å². The van der Waals surface area contributed by atoms with Crippen LogP contribution in [0.3, 0.4) is 0 Å². The number of hydrogen-bond acceptors (Lipinski definition) is 6. The fourth-order valence-electron chi connectivity index (χ4n) is 2.02. The molecule has 0 atom stereocenters. The maximum atomic E-state index is 9.09. The number of aryl methyl sites for hydroxylation is 3. The Hall–Kier alpha value is -2.37. The molecule has 0 bridgehead atoms. The summed E-state index contributed by atoms with van der Waals surface area (Å²) in [5.74, 6) is 1.53. The Morgan fingerprint density at radius 2 is 1.94 bits per heavy atom. The van der Waals surface area contributed by atoms with E-state index in [4.69, 9.17) is 14.0 Å². The molecule has 0 saturated carbocycles. The number of fused-ring (bicyclic) bond motifs is 3. The molecular weight excluding hydrogens is 234 g/mol. The van der Waals surface area contributed by atoms with E-state index in [0.717, 1.165) is 0 Å². The van der Waals surface area contributed by atoms with Crippen molar-refractivity contribution in [2.75, 3.05) is 0 Å². The van der Waals surface area contributed by atoms with Gasteiger partial charge in [-0.1, -0.05) is 5.16 Å². The molecule has 2 aliphatic rings. The SMILES string of the molecule is Cc1c/c(=N\O)c2c3oc(C)nc3c(C)oc-2n1. The average Bonchev–Trinajstić information content (AvgIpc) is 2.70. The van der Waals surface area contributed by atoms with Crippen molar-refractivity contribution in [2.45, 2.75) is 20.8 Å². The lowest BCUT2D eigenvalue weighted by atomic mass is 10.1. The molecule has 1 aromatic heterocycles. The Morgan fingerprint density at radius 1 is 1.17 bits per heavy atom. The van der Waals surface area contributed by atoms with Crippen molar-refractivity contribution in [1.29, 1.82) is 0 Å². The fourth-order valence-corrected chi connectivity index (χ4v) is 2.02. The third-order valence-corrected chi connectivity index (χ3v) is 2.75. The number of rotatable bonds is 0. The van der Waals surface area contributed by atoms with Gasteiger partial charge in [0, 0.05) is 12.6 Å². The Labute approximate surface area is 102 Å². The van der Waals surface area contributed by atoms with Crippen molar-refractivity contribution in [2.24, 2.45) is 5.16 Å². The molecule has 1 aromatic rings. The monoisotopic (exact) mass is 245 g/mol. The molecule has 0 aromatic carbocycles. The van der Waals surface area contributed by atoms with Gasteiger partial charge in [0.25, 0.3) is 0 Å². The molecule has 0 aliphatic carbocycles. The van der Waals surface area contributed by atoms with Crippen LogP contribution in [0.5, 0.6) is 0 Å². The van der Waals surface area contributed by atoms with Gasteiger partial charge in [-0.25, -0.2) is 9.97 Å². The standard InChI is InChI=1S/C12H11N3O3/c1-5-4-8(15-16)9-11-10(14-7(3)18-11)6(2)17-12(9)13-5/h4,16H,1-3H3/b15-8+. The summed E-state index contributed by atoms with van der Waals surface area (Å²) in [6, 6.07) is 1.66. The molecule has 0 saturated heterocycles. The van der Waals surface area contributed by atoms with Crippen molar-refractivity contribution < 1.29 is 14.0 Å². The van der Waals surface area contributed by atoms with Gasteiger partial charge < -0.3 is 14.0 Å². The lowest BCUT2D eigenvalue weighted by molar-refractivity contribution is 0.301. The number of nitrogens with zero attached hydrogens (tertiary/aromatic N) is 3. The van der Waals surface area contributed by atoms with Gasteiger partial charge in [0.05, 0.1) is 0 Å². The maximum Gasteiger partial charge on any atom is 0.232 e. The van der Waals surface area contributed by atoms with Gasteiger partial charge in [0.1, 0.15) is 22.2 Å². The molecule has 0 spiro atoms. The molecule has 6 heteroatoms. The number of pyridine rings is 1. The largest absolute Gasteiger partial charge is 0.440 e. The van der Waals surface area contributed by atoms with Gasteiger partial charge in [-0.05, 0) is 19.9 Å². The van der Waals surface area contributed by atoms with Gasteiger partial charge in [0.15, 0.2) is 11.5 Å². The lowest BCUT2D eigenvalue weighted by Crippen LogP contribution is -2.10. The van der Waals surface area contributed by atoms with E-state index in [1.54, 1.807) is 26.8 Å². The highest BCUT2D eigenvalue weighted by Crippen LogP contribution is 2.30. The first kappa shape index (κ1) is 10.8. The first-order valence-electron chi connectivity index (χ1n) is 5.46. The smallest absolute Gasteiger partial charge is 0.232 e. The topological polar surface area (TPSA) is 84.7 Å². The molecule has 6 nitrogen and oxygen atoms in total. The Balaban J connectivity index is 2.63. The molecule has 18 heavy (non-hydrogen) atoms. The summed E-state index contributed by atoms with van der Waals surface area (Å²) in [5, 5.41) is 12.7. The van der Waals surface area contributed by atoms with E-state index in [9.17, 15) is 0 Å². The van der Waals surface area contributed by atoms with E-state index in [-0.39, 0.29) is 0 Å². The van der Waals surface area contributed by atoms with Gasteiger partial charge in [-0.3, -0.25) is 0 Å². The molecular formula is C12H11N3O3. The van der Waals surface area contributed by atoms with E-state index in [0.29, 0.717) is 45.3 Å². The highest BCUT2D eigenvalue weighted by Gasteiger charge is 2.21.